The summed E-state index contributed by atoms with van der Waals surface area (Å²) in [6, 6.07) is 14.9. The summed E-state index contributed by atoms with van der Waals surface area (Å²) in [5, 5.41) is 0. The Morgan fingerprint density at radius 1 is 0.667 bits per heavy atom. The Bertz CT molecular complexity index is 475. The molecule has 0 bridgehead atoms. The van der Waals surface area contributed by atoms with Crippen molar-refractivity contribution < 1.29 is 0 Å². The molecule has 2 rings (SSSR count). The Labute approximate surface area is 112 Å². The van der Waals surface area contributed by atoms with E-state index in [1.54, 1.807) is 0 Å². The van der Waals surface area contributed by atoms with E-state index in [4.69, 9.17) is 0 Å². The molecule has 2 aromatic carbocycles. The molecule has 0 N–H and O–H groups in total. The Morgan fingerprint density at radius 3 is 1.56 bits per heavy atom. The molecule has 0 unspecified atom stereocenters. The lowest BCUT2D eigenvalue weighted by atomic mass is 10.1. The molecule has 0 atom stereocenters. The highest BCUT2D eigenvalue weighted by Gasteiger charge is 1.92. The summed E-state index contributed by atoms with van der Waals surface area (Å²) in [4.78, 5) is 0. The van der Waals surface area contributed by atoms with Crippen molar-refractivity contribution in [3.8, 4) is 0 Å². The zero-order valence-corrected chi connectivity index (χ0v) is 12.2. The van der Waals surface area contributed by atoms with Gasteiger partial charge in [0.05, 0.1) is 0 Å². The van der Waals surface area contributed by atoms with Gasteiger partial charge < -0.3 is 0 Å². The van der Waals surface area contributed by atoms with Gasteiger partial charge in [0.2, 0.25) is 0 Å². The molecule has 0 aliphatic carbocycles. The second kappa shape index (κ2) is 7.00. The summed E-state index contributed by atoms with van der Waals surface area (Å²) in [5.74, 6) is 0. The molecule has 0 nitrogen and oxygen atoms in total. The molecule has 0 spiro atoms. The molecule has 0 heteroatoms. The molecule has 0 amide bonds. The van der Waals surface area contributed by atoms with Gasteiger partial charge in [0.15, 0.2) is 0 Å². The van der Waals surface area contributed by atoms with Gasteiger partial charge in [0, 0.05) is 0 Å². The van der Waals surface area contributed by atoms with Crippen molar-refractivity contribution >= 4 is 0 Å². The van der Waals surface area contributed by atoms with Crippen LogP contribution < -0.4 is 0 Å². The molecule has 0 fully saturated rings. The molecule has 0 heterocycles. The van der Waals surface area contributed by atoms with Gasteiger partial charge in [-0.05, 0) is 61.9 Å². The van der Waals surface area contributed by atoms with Crippen LogP contribution in [0.2, 0.25) is 0 Å². The first-order valence-corrected chi connectivity index (χ1v) is 6.63. The van der Waals surface area contributed by atoms with Crippen LogP contribution >= 0.6 is 0 Å². The topological polar surface area (TPSA) is 0 Å². The van der Waals surface area contributed by atoms with E-state index >= 15 is 0 Å². The maximum Gasteiger partial charge on any atom is -0.0305 e. The standard InChI is InChI=1S/2C9H12/c1-7-5-4-6-8(2)9(7)3;1-3-9-7-5-4-6-8(9)2/h4-6H,1-3H3;4-7H,3H2,1-2H3. The molecular formula is C18H24. The third kappa shape index (κ3) is 4.03. The van der Waals surface area contributed by atoms with Gasteiger partial charge >= 0.3 is 0 Å². The van der Waals surface area contributed by atoms with Gasteiger partial charge in [0.1, 0.15) is 0 Å². The predicted molar refractivity (Wildman–Crippen MR) is 81.2 cm³/mol. The van der Waals surface area contributed by atoms with Crippen molar-refractivity contribution in [2.75, 3.05) is 0 Å². The van der Waals surface area contributed by atoms with Gasteiger partial charge in [-0.1, -0.05) is 49.4 Å². The van der Waals surface area contributed by atoms with Gasteiger partial charge in [0.25, 0.3) is 0 Å². The third-order valence-corrected chi connectivity index (χ3v) is 3.52. The third-order valence-electron chi connectivity index (χ3n) is 3.52. The SMILES string of the molecule is CCc1ccccc1C.Cc1cccc(C)c1C. The lowest BCUT2D eigenvalue weighted by Crippen LogP contribution is -1.82. The van der Waals surface area contributed by atoms with Crippen LogP contribution in [0.15, 0.2) is 42.5 Å². The molecular weight excluding hydrogens is 216 g/mol. The minimum Gasteiger partial charge on any atom is -0.0620 e. The second-order valence-electron chi connectivity index (χ2n) is 4.80. The summed E-state index contributed by atoms with van der Waals surface area (Å²) in [6.07, 6.45) is 1.15. The monoisotopic (exact) mass is 240 g/mol. The Kier molecular flexibility index (Phi) is 5.64. The van der Waals surface area contributed by atoms with E-state index in [1.165, 1.54) is 27.8 Å². The highest BCUT2D eigenvalue weighted by Crippen LogP contribution is 2.10. The van der Waals surface area contributed by atoms with E-state index in [0.29, 0.717) is 0 Å². The van der Waals surface area contributed by atoms with Crippen molar-refractivity contribution in [2.45, 2.75) is 41.0 Å². The minimum absolute atomic E-state index is 1.15. The minimum atomic E-state index is 1.15. The fraction of sp³-hybridized carbons (Fsp3) is 0.333. The lowest BCUT2D eigenvalue weighted by Gasteiger charge is -2.00. The largest absolute Gasteiger partial charge is 0.0620 e. The van der Waals surface area contributed by atoms with Crippen molar-refractivity contribution in [1.29, 1.82) is 0 Å². The molecule has 18 heavy (non-hydrogen) atoms. The van der Waals surface area contributed by atoms with Crippen LogP contribution in [0.25, 0.3) is 0 Å². The Balaban J connectivity index is 0.000000180. The first-order chi connectivity index (χ1) is 8.56. The van der Waals surface area contributed by atoms with Crippen molar-refractivity contribution in [2.24, 2.45) is 0 Å². The summed E-state index contributed by atoms with van der Waals surface area (Å²) in [7, 11) is 0. The average Bonchev–Trinajstić information content (AvgIpc) is 2.37. The Hall–Kier alpha value is -1.56. The number of benzene rings is 2. The fourth-order valence-electron chi connectivity index (χ4n) is 1.90. The van der Waals surface area contributed by atoms with Crippen LogP contribution in [-0.4, -0.2) is 0 Å². The first kappa shape index (κ1) is 14.5. The van der Waals surface area contributed by atoms with E-state index in [2.05, 4.69) is 77.1 Å². The van der Waals surface area contributed by atoms with Gasteiger partial charge in [-0.15, -0.1) is 0 Å². The molecule has 0 aromatic heterocycles. The van der Waals surface area contributed by atoms with Crippen LogP contribution in [-0.2, 0) is 6.42 Å². The molecule has 0 aliphatic rings. The highest BCUT2D eigenvalue weighted by atomic mass is 14.0. The number of aryl methyl sites for hydroxylation is 4. The number of hydrogen-bond donors (Lipinski definition) is 0. The van der Waals surface area contributed by atoms with Gasteiger partial charge in [-0.2, -0.15) is 0 Å². The van der Waals surface area contributed by atoms with Crippen molar-refractivity contribution in [3.63, 3.8) is 0 Å². The maximum atomic E-state index is 2.18. The normalized spacial score (nSPS) is 9.61. The van der Waals surface area contributed by atoms with E-state index in [1.807, 2.05) is 0 Å². The average molecular weight is 240 g/mol. The summed E-state index contributed by atoms with van der Waals surface area (Å²) in [6.45, 7) is 10.8. The quantitative estimate of drug-likeness (QED) is 0.645. The zero-order valence-electron chi connectivity index (χ0n) is 12.2. The van der Waals surface area contributed by atoms with Crippen LogP contribution in [0.4, 0.5) is 0 Å². The second-order valence-corrected chi connectivity index (χ2v) is 4.80. The molecule has 96 valence electrons. The zero-order chi connectivity index (χ0) is 13.5. The molecule has 2 aromatic rings. The van der Waals surface area contributed by atoms with E-state index in [9.17, 15) is 0 Å². The summed E-state index contributed by atoms with van der Waals surface area (Å²) >= 11 is 0. The smallest absolute Gasteiger partial charge is 0.0305 e. The summed E-state index contributed by atoms with van der Waals surface area (Å²) in [5.41, 5.74) is 7.04. The number of rotatable bonds is 1. The first-order valence-electron chi connectivity index (χ1n) is 6.63. The van der Waals surface area contributed by atoms with E-state index < -0.39 is 0 Å². The van der Waals surface area contributed by atoms with E-state index in [-0.39, 0.29) is 0 Å². The van der Waals surface area contributed by atoms with Crippen LogP contribution in [0.1, 0.15) is 34.7 Å². The van der Waals surface area contributed by atoms with Crippen molar-refractivity contribution in [1.82, 2.24) is 0 Å². The van der Waals surface area contributed by atoms with Crippen LogP contribution in [0.5, 0.6) is 0 Å². The van der Waals surface area contributed by atoms with Gasteiger partial charge in [-0.3, -0.25) is 0 Å². The molecule has 0 radical (unpaired) electrons. The van der Waals surface area contributed by atoms with Crippen LogP contribution in [0, 0.1) is 27.7 Å². The molecule has 0 aliphatic heterocycles. The van der Waals surface area contributed by atoms with E-state index in [0.717, 1.165) is 6.42 Å². The van der Waals surface area contributed by atoms with Crippen LogP contribution in [0.3, 0.4) is 0 Å². The van der Waals surface area contributed by atoms with Gasteiger partial charge in [-0.25, -0.2) is 0 Å². The Morgan fingerprint density at radius 2 is 1.17 bits per heavy atom. The predicted octanol–water partition coefficient (Wildman–Crippen LogP) is 5.17. The summed E-state index contributed by atoms with van der Waals surface area (Å²) < 4.78 is 0. The lowest BCUT2D eigenvalue weighted by molar-refractivity contribution is 1.11. The molecule has 0 saturated heterocycles. The maximum absolute atomic E-state index is 2.18. The fourth-order valence-corrected chi connectivity index (χ4v) is 1.90. The van der Waals surface area contributed by atoms with Crippen molar-refractivity contribution in [3.05, 3.63) is 70.3 Å². The molecule has 0 saturated carbocycles. The highest BCUT2D eigenvalue weighted by molar-refractivity contribution is 5.31. The number of hydrogen-bond acceptors (Lipinski definition) is 0.